The Morgan fingerprint density at radius 3 is 2.59 bits per heavy atom. The number of likely N-dealkylation sites (N-methyl/N-ethyl adjacent to an activating group) is 1. The number of hydrogen-bond acceptors (Lipinski definition) is 4. The van der Waals surface area contributed by atoms with Crippen molar-refractivity contribution in [2.45, 2.75) is 26.7 Å². The largest absolute Gasteiger partial charge is 0.369 e. The van der Waals surface area contributed by atoms with Gasteiger partial charge in [0.05, 0.1) is 16.3 Å². The first kappa shape index (κ1) is 19.7. The number of nitrogens with zero attached hydrogens (tertiary/aromatic N) is 3. The number of hydrogen-bond donors (Lipinski definition) is 0. The molecule has 0 N–H and O–H groups in total. The highest BCUT2D eigenvalue weighted by Crippen LogP contribution is 2.35. The summed E-state index contributed by atoms with van der Waals surface area (Å²) in [6.45, 7) is 6.23. The molecule has 0 aromatic heterocycles. The SMILES string of the molecule is CCN1C(=O)/C(=C/c2cc(F)c(N3CCCC3)cc2C)SC1=Nc1ccccc1. The van der Waals surface area contributed by atoms with Gasteiger partial charge in [-0.25, -0.2) is 9.38 Å². The van der Waals surface area contributed by atoms with Crippen LogP contribution in [0.25, 0.3) is 6.08 Å². The molecule has 0 unspecified atom stereocenters. The lowest BCUT2D eigenvalue weighted by Gasteiger charge is -2.19. The van der Waals surface area contributed by atoms with Gasteiger partial charge in [0.1, 0.15) is 5.82 Å². The standard InChI is InChI=1S/C23H24FN3OS/c1-3-27-22(28)21(29-23(27)25-18-9-5-4-6-10-18)15-17-14-19(24)20(13-16(17)2)26-11-7-8-12-26/h4-6,9-10,13-15H,3,7-8,11-12H2,1-2H3/b21-15-,25-23?. The Hall–Kier alpha value is -2.60. The molecule has 0 atom stereocenters. The first-order valence-electron chi connectivity index (χ1n) is 9.97. The van der Waals surface area contributed by atoms with Crippen LogP contribution in [0.5, 0.6) is 0 Å². The number of amidine groups is 1. The van der Waals surface area contributed by atoms with Crippen LogP contribution in [0.3, 0.4) is 0 Å². The predicted molar refractivity (Wildman–Crippen MR) is 119 cm³/mol. The number of halogens is 1. The van der Waals surface area contributed by atoms with Crippen molar-refractivity contribution in [3.05, 3.63) is 64.3 Å². The number of aryl methyl sites for hydroxylation is 1. The lowest BCUT2D eigenvalue weighted by Crippen LogP contribution is -2.28. The Morgan fingerprint density at radius 2 is 1.90 bits per heavy atom. The van der Waals surface area contributed by atoms with E-state index in [9.17, 15) is 9.18 Å². The van der Waals surface area contributed by atoms with Crippen LogP contribution in [0.1, 0.15) is 30.9 Å². The highest BCUT2D eigenvalue weighted by Gasteiger charge is 2.32. The van der Waals surface area contributed by atoms with Gasteiger partial charge in [-0.05, 0) is 79.9 Å². The lowest BCUT2D eigenvalue weighted by molar-refractivity contribution is -0.122. The molecule has 0 radical (unpaired) electrons. The van der Waals surface area contributed by atoms with Gasteiger partial charge in [-0.3, -0.25) is 9.69 Å². The van der Waals surface area contributed by atoms with E-state index in [2.05, 4.69) is 9.89 Å². The van der Waals surface area contributed by atoms with Crippen LogP contribution in [0.15, 0.2) is 52.4 Å². The molecule has 2 aliphatic rings. The Balaban J connectivity index is 1.65. The van der Waals surface area contributed by atoms with Gasteiger partial charge in [-0.1, -0.05) is 18.2 Å². The fraction of sp³-hybridized carbons (Fsp3) is 0.304. The molecular weight excluding hydrogens is 385 g/mol. The van der Waals surface area contributed by atoms with Crippen molar-refractivity contribution in [2.24, 2.45) is 4.99 Å². The number of carbonyl (C=O) groups excluding carboxylic acids is 1. The molecule has 2 heterocycles. The van der Waals surface area contributed by atoms with Crippen molar-refractivity contribution in [3.8, 4) is 0 Å². The van der Waals surface area contributed by atoms with Crippen molar-refractivity contribution in [1.29, 1.82) is 0 Å². The molecule has 2 aromatic carbocycles. The molecule has 2 fully saturated rings. The lowest BCUT2D eigenvalue weighted by atomic mass is 10.1. The van der Waals surface area contributed by atoms with Crippen molar-refractivity contribution in [3.63, 3.8) is 0 Å². The maximum absolute atomic E-state index is 14.8. The molecule has 0 aliphatic carbocycles. The zero-order valence-corrected chi connectivity index (χ0v) is 17.5. The number of benzene rings is 2. The van der Waals surface area contributed by atoms with Gasteiger partial charge in [0.2, 0.25) is 0 Å². The van der Waals surface area contributed by atoms with Gasteiger partial charge < -0.3 is 4.90 Å². The third-order valence-corrected chi connectivity index (χ3v) is 6.26. The van der Waals surface area contributed by atoms with E-state index < -0.39 is 0 Å². The maximum Gasteiger partial charge on any atom is 0.266 e. The Bertz CT molecular complexity index is 981. The molecular formula is C23H24FN3OS. The fourth-order valence-electron chi connectivity index (χ4n) is 3.66. The van der Waals surface area contributed by atoms with Crippen LogP contribution >= 0.6 is 11.8 Å². The highest BCUT2D eigenvalue weighted by atomic mass is 32.2. The van der Waals surface area contributed by atoms with E-state index in [1.807, 2.05) is 50.2 Å². The molecule has 6 heteroatoms. The molecule has 4 nitrogen and oxygen atoms in total. The normalized spacial score (nSPS) is 19.8. The molecule has 1 amide bonds. The molecule has 2 aliphatic heterocycles. The fourth-order valence-corrected chi connectivity index (χ4v) is 4.72. The van der Waals surface area contributed by atoms with Crippen molar-refractivity contribution < 1.29 is 9.18 Å². The minimum absolute atomic E-state index is 0.0874. The van der Waals surface area contributed by atoms with Crippen LogP contribution in [0.4, 0.5) is 15.8 Å². The molecule has 2 saturated heterocycles. The van der Waals surface area contributed by atoms with Crippen LogP contribution in [0, 0.1) is 12.7 Å². The second-order valence-corrected chi connectivity index (χ2v) is 8.25. The van der Waals surface area contributed by atoms with Crippen LogP contribution in [-0.4, -0.2) is 35.6 Å². The number of carbonyl (C=O) groups is 1. The van der Waals surface area contributed by atoms with E-state index in [4.69, 9.17) is 0 Å². The summed E-state index contributed by atoms with van der Waals surface area (Å²) >= 11 is 1.34. The third-order valence-electron chi connectivity index (χ3n) is 5.25. The number of thioether (sulfide) groups is 1. The summed E-state index contributed by atoms with van der Waals surface area (Å²) in [6.07, 6.45) is 3.99. The highest BCUT2D eigenvalue weighted by molar-refractivity contribution is 8.18. The van der Waals surface area contributed by atoms with Crippen LogP contribution < -0.4 is 4.90 Å². The smallest absolute Gasteiger partial charge is 0.266 e. The van der Waals surface area contributed by atoms with E-state index in [0.29, 0.717) is 22.3 Å². The molecule has 0 bridgehead atoms. The third kappa shape index (κ3) is 4.08. The summed E-state index contributed by atoms with van der Waals surface area (Å²) in [6, 6.07) is 13.0. The minimum Gasteiger partial charge on any atom is -0.369 e. The van der Waals surface area contributed by atoms with E-state index in [0.717, 1.165) is 42.7 Å². The number of anilines is 1. The van der Waals surface area contributed by atoms with Crippen molar-refractivity contribution >= 4 is 40.3 Å². The monoisotopic (exact) mass is 409 g/mol. The summed E-state index contributed by atoms with van der Waals surface area (Å²) in [5, 5.41) is 0.654. The predicted octanol–water partition coefficient (Wildman–Crippen LogP) is 5.36. The molecule has 4 rings (SSSR count). The molecule has 0 spiro atoms. The van der Waals surface area contributed by atoms with Crippen molar-refractivity contribution in [1.82, 2.24) is 4.90 Å². The Morgan fingerprint density at radius 1 is 1.17 bits per heavy atom. The second kappa shape index (κ2) is 8.41. The Labute approximate surface area is 175 Å². The Kier molecular flexibility index (Phi) is 5.72. The molecule has 150 valence electrons. The van der Waals surface area contributed by atoms with Crippen molar-refractivity contribution in [2.75, 3.05) is 24.5 Å². The summed E-state index contributed by atoms with van der Waals surface area (Å²) in [5.74, 6) is -0.319. The molecule has 0 saturated carbocycles. The summed E-state index contributed by atoms with van der Waals surface area (Å²) < 4.78 is 14.8. The van der Waals surface area contributed by atoms with Gasteiger partial charge in [0, 0.05) is 19.6 Å². The topological polar surface area (TPSA) is 35.9 Å². The van der Waals surface area contributed by atoms with E-state index in [1.54, 1.807) is 17.0 Å². The van der Waals surface area contributed by atoms with Crippen LogP contribution in [-0.2, 0) is 4.79 Å². The number of amides is 1. The van der Waals surface area contributed by atoms with Gasteiger partial charge in [0.25, 0.3) is 5.91 Å². The summed E-state index contributed by atoms with van der Waals surface area (Å²) in [4.78, 5) is 21.8. The number of para-hydroxylation sites is 1. The number of rotatable bonds is 4. The van der Waals surface area contributed by atoms with E-state index in [-0.39, 0.29) is 11.7 Å². The average molecular weight is 410 g/mol. The quantitative estimate of drug-likeness (QED) is 0.638. The zero-order valence-electron chi connectivity index (χ0n) is 16.7. The maximum atomic E-state index is 14.8. The summed E-state index contributed by atoms with van der Waals surface area (Å²) in [5.41, 5.74) is 3.16. The molecule has 2 aromatic rings. The van der Waals surface area contributed by atoms with Gasteiger partial charge >= 0.3 is 0 Å². The second-order valence-electron chi connectivity index (χ2n) is 7.24. The minimum atomic E-state index is -0.231. The van der Waals surface area contributed by atoms with E-state index in [1.165, 1.54) is 11.8 Å². The average Bonchev–Trinajstić information content (AvgIpc) is 3.34. The first-order valence-corrected chi connectivity index (χ1v) is 10.8. The van der Waals surface area contributed by atoms with E-state index >= 15 is 0 Å². The zero-order chi connectivity index (χ0) is 20.4. The number of aliphatic imine (C=N–C) groups is 1. The van der Waals surface area contributed by atoms with Crippen LogP contribution in [0.2, 0.25) is 0 Å². The van der Waals surface area contributed by atoms with Gasteiger partial charge in [-0.15, -0.1) is 0 Å². The summed E-state index contributed by atoms with van der Waals surface area (Å²) in [7, 11) is 0. The molecule has 29 heavy (non-hydrogen) atoms. The van der Waals surface area contributed by atoms with Gasteiger partial charge in [-0.2, -0.15) is 0 Å². The van der Waals surface area contributed by atoms with Gasteiger partial charge in [0.15, 0.2) is 5.17 Å². The first-order chi connectivity index (χ1) is 14.1.